The highest BCUT2D eigenvalue weighted by atomic mass is 35.5. The maximum atomic E-state index is 5.85. The van der Waals surface area contributed by atoms with E-state index in [0.717, 1.165) is 28.0 Å². The average Bonchev–Trinajstić information content (AvgIpc) is 2.75. The summed E-state index contributed by atoms with van der Waals surface area (Å²) in [7, 11) is 2.02. The van der Waals surface area contributed by atoms with Crippen LogP contribution in [-0.2, 0) is 13.7 Å². The lowest BCUT2D eigenvalue weighted by atomic mass is 10.2. The number of hydrogen-bond acceptors (Lipinski definition) is 2. The molecule has 3 aromatic rings. The van der Waals surface area contributed by atoms with E-state index < -0.39 is 0 Å². The van der Waals surface area contributed by atoms with Crippen LogP contribution in [-0.4, -0.2) is 4.57 Å². The normalized spacial score (nSPS) is 10.9. The number of aromatic nitrogens is 1. The molecule has 2 aromatic carbocycles. The Balaban J connectivity index is 1.84. The van der Waals surface area contributed by atoms with Crippen LogP contribution in [0.25, 0.3) is 10.9 Å². The monoisotopic (exact) mass is 286 g/mol. The molecule has 0 aliphatic heterocycles. The first-order chi connectivity index (χ1) is 9.63. The summed E-state index contributed by atoms with van der Waals surface area (Å²) in [5.41, 5.74) is 8.80. The second-order valence-electron chi connectivity index (χ2n) is 4.76. The molecule has 3 rings (SSSR count). The van der Waals surface area contributed by atoms with Gasteiger partial charge in [0.15, 0.2) is 0 Å². The zero-order chi connectivity index (χ0) is 14.1. The number of benzene rings is 2. The first kappa shape index (κ1) is 12.9. The molecule has 1 heterocycles. The summed E-state index contributed by atoms with van der Waals surface area (Å²) >= 11 is 5.85. The number of ether oxygens (including phenoxy) is 1. The van der Waals surface area contributed by atoms with Gasteiger partial charge in [-0.1, -0.05) is 17.7 Å². The summed E-state index contributed by atoms with van der Waals surface area (Å²) in [5.74, 6) is 0.805. The number of nitrogen functional groups attached to an aromatic ring is 1. The van der Waals surface area contributed by atoms with Gasteiger partial charge in [-0.15, -0.1) is 0 Å². The van der Waals surface area contributed by atoms with Crippen LogP contribution in [0.1, 0.15) is 5.69 Å². The zero-order valence-electron chi connectivity index (χ0n) is 11.1. The summed E-state index contributed by atoms with van der Waals surface area (Å²) in [6.45, 7) is 0.507. The van der Waals surface area contributed by atoms with Crippen LogP contribution in [0.2, 0.25) is 5.02 Å². The third-order valence-corrected chi connectivity index (χ3v) is 3.62. The molecule has 0 unspecified atom stereocenters. The van der Waals surface area contributed by atoms with Crippen molar-refractivity contribution in [3.05, 3.63) is 59.2 Å². The average molecular weight is 287 g/mol. The van der Waals surface area contributed by atoms with Crippen LogP contribution in [0.4, 0.5) is 5.69 Å². The molecule has 0 amide bonds. The van der Waals surface area contributed by atoms with Crippen molar-refractivity contribution in [1.82, 2.24) is 4.57 Å². The van der Waals surface area contributed by atoms with Crippen molar-refractivity contribution in [2.75, 3.05) is 5.73 Å². The van der Waals surface area contributed by atoms with Crippen LogP contribution in [0.3, 0.4) is 0 Å². The van der Waals surface area contributed by atoms with E-state index in [1.54, 1.807) is 0 Å². The molecule has 0 aliphatic rings. The first-order valence-electron chi connectivity index (χ1n) is 6.36. The Bertz CT molecular complexity index is 747. The standard InChI is InChI=1S/C16H15ClN2O/c1-19-14(8-11-2-5-13(18)9-16(11)19)10-20-15-6-3-12(17)4-7-15/h2-9H,10,18H2,1H3. The summed E-state index contributed by atoms with van der Waals surface area (Å²) in [5, 5.41) is 1.87. The maximum Gasteiger partial charge on any atom is 0.128 e. The highest BCUT2D eigenvalue weighted by molar-refractivity contribution is 6.30. The highest BCUT2D eigenvalue weighted by Gasteiger charge is 2.06. The van der Waals surface area contributed by atoms with Crippen molar-refractivity contribution in [3.8, 4) is 5.75 Å². The second-order valence-corrected chi connectivity index (χ2v) is 5.19. The predicted molar refractivity (Wildman–Crippen MR) is 83.1 cm³/mol. The largest absolute Gasteiger partial charge is 0.487 e. The van der Waals surface area contributed by atoms with Gasteiger partial charge in [0.2, 0.25) is 0 Å². The Morgan fingerprint density at radius 2 is 1.85 bits per heavy atom. The molecule has 0 radical (unpaired) electrons. The van der Waals surface area contributed by atoms with E-state index in [-0.39, 0.29) is 0 Å². The Labute approximate surface area is 122 Å². The molecule has 2 N–H and O–H groups in total. The summed E-state index contributed by atoms with van der Waals surface area (Å²) in [4.78, 5) is 0. The topological polar surface area (TPSA) is 40.2 Å². The van der Waals surface area contributed by atoms with Gasteiger partial charge in [-0.25, -0.2) is 0 Å². The molecule has 102 valence electrons. The quantitative estimate of drug-likeness (QED) is 0.740. The number of hydrogen-bond donors (Lipinski definition) is 1. The number of halogens is 1. The van der Waals surface area contributed by atoms with Gasteiger partial charge in [-0.3, -0.25) is 0 Å². The highest BCUT2D eigenvalue weighted by Crippen LogP contribution is 2.23. The predicted octanol–water partition coefficient (Wildman–Crippen LogP) is 3.99. The summed E-state index contributed by atoms with van der Waals surface area (Å²) < 4.78 is 7.88. The minimum atomic E-state index is 0.507. The Hall–Kier alpha value is -2.13. The van der Waals surface area contributed by atoms with Crippen LogP contribution in [0, 0.1) is 0 Å². The van der Waals surface area contributed by atoms with Crippen molar-refractivity contribution < 1.29 is 4.74 Å². The van der Waals surface area contributed by atoms with E-state index in [1.807, 2.05) is 49.5 Å². The molecule has 0 saturated heterocycles. The maximum absolute atomic E-state index is 5.85. The molecular weight excluding hydrogens is 272 g/mol. The molecule has 0 spiro atoms. The van der Waals surface area contributed by atoms with Gasteiger partial charge in [-0.2, -0.15) is 0 Å². The van der Waals surface area contributed by atoms with Crippen LogP contribution in [0.15, 0.2) is 48.5 Å². The number of nitrogens with two attached hydrogens (primary N) is 1. The molecular formula is C16H15ClN2O. The number of fused-ring (bicyclic) bond motifs is 1. The molecule has 3 nitrogen and oxygen atoms in total. The lowest BCUT2D eigenvalue weighted by Crippen LogP contribution is -2.01. The molecule has 20 heavy (non-hydrogen) atoms. The van der Waals surface area contributed by atoms with Crippen LogP contribution < -0.4 is 10.5 Å². The van der Waals surface area contributed by atoms with Crippen molar-refractivity contribution in [1.29, 1.82) is 0 Å². The third kappa shape index (κ3) is 2.45. The fourth-order valence-corrected chi connectivity index (χ4v) is 2.36. The number of nitrogens with zero attached hydrogens (tertiary/aromatic N) is 1. The van der Waals surface area contributed by atoms with Gasteiger partial charge in [0, 0.05) is 23.1 Å². The van der Waals surface area contributed by atoms with Crippen molar-refractivity contribution >= 4 is 28.2 Å². The van der Waals surface area contributed by atoms with Crippen LogP contribution in [0.5, 0.6) is 5.75 Å². The number of rotatable bonds is 3. The van der Waals surface area contributed by atoms with E-state index in [2.05, 4.69) is 10.6 Å². The summed E-state index contributed by atoms with van der Waals surface area (Å²) in [6, 6.07) is 15.4. The fraction of sp³-hybridized carbons (Fsp3) is 0.125. The molecule has 1 aromatic heterocycles. The minimum absolute atomic E-state index is 0.507. The van der Waals surface area contributed by atoms with E-state index in [4.69, 9.17) is 22.1 Å². The van der Waals surface area contributed by atoms with Gasteiger partial charge in [0.25, 0.3) is 0 Å². The van der Waals surface area contributed by atoms with Gasteiger partial charge in [0.1, 0.15) is 12.4 Å². The molecule has 0 saturated carbocycles. The Morgan fingerprint density at radius 1 is 1.10 bits per heavy atom. The van der Waals surface area contributed by atoms with Gasteiger partial charge >= 0.3 is 0 Å². The van der Waals surface area contributed by atoms with E-state index in [0.29, 0.717) is 11.6 Å². The number of anilines is 1. The first-order valence-corrected chi connectivity index (χ1v) is 6.73. The summed E-state index contributed by atoms with van der Waals surface area (Å²) in [6.07, 6.45) is 0. The molecule has 0 atom stereocenters. The second kappa shape index (κ2) is 5.10. The lowest BCUT2D eigenvalue weighted by molar-refractivity contribution is 0.298. The Morgan fingerprint density at radius 3 is 2.60 bits per heavy atom. The molecule has 4 heteroatoms. The number of aryl methyl sites for hydroxylation is 1. The van der Waals surface area contributed by atoms with E-state index >= 15 is 0 Å². The molecule has 0 fully saturated rings. The van der Waals surface area contributed by atoms with E-state index in [1.165, 1.54) is 0 Å². The molecule has 0 bridgehead atoms. The van der Waals surface area contributed by atoms with Crippen molar-refractivity contribution in [2.45, 2.75) is 6.61 Å². The van der Waals surface area contributed by atoms with Gasteiger partial charge < -0.3 is 15.0 Å². The molecule has 0 aliphatic carbocycles. The van der Waals surface area contributed by atoms with Crippen LogP contribution >= 0.6 is 11.6 Å². The zero-order valence-corrected chi connectivity index (χ0v) is 11.9. The van der Waals surface area contributed by atoms with Crippen molar-refractivity contribution in [2.24, 2.45) is 7.05 Å². The lowest BCUT2D eigenvalue weighted by Gasteiger charge is -2.07. The fourth-order valence-electron chi connectivity index (χ4n) is 2.23. The smallest absolute Gasteiger partial charge is 0.128 e. The van der Waals surface area contributed by atoms with E-state index in [9.17, 15) is 0 Å². The van der Waals surface area contributed by atoms with Crippen molar-refractivity contribution in [3.63, 3.8) is 0 Å². The third-order valence-electron chi connectivity index (χ3n) is 3.37. The minimum Gasteiger partial charge on any atom is -0.487 e. The van der Waals surface area contributed by atoms with Gasteiger partial charge in [-0.05, 0) is 42.5 Å². The SMILES string of the molecule is Cn1c(COc2ccc(Cl)cc2)cc2ccc(N)cc21. The Kier molecular flexibility index (Phi) is 3.28. The van der Waals surface area contributed by atoms with Gasteiger partial charge in [0.05, 0.1) is 11.2 Å².